The predicted octanol–water partition coefficient (Wildman–Crippen LogP) is 27.0. The molecule has 0 N–H and O–H groups in total. The van der Waals surface area contributed by atoms with Gasteiger partial charge < -0.3 is 18.3 Å². The van der Waals surface area contributed by atoms with Crippen LogP contribution >= 0.6 is 0 Å². The van der Waals surface area contributed by atoms with Gasteiger partial charge in [-0.05, 0) is 210 Å². The fraction of sp³-hybridized carbons (Fsp3) is 0.0588. The topological polar surface area (TPSA) is 19.7 Å². The van der Waals surface area contributed by atoms with Gasteiger partial charge in [0.2, 0.25) is 0 Å². The van der Waals surface area contributed by atoms with E-state index in [0.717, 1.165) is 11.4 Å². The Morgan fingerprint density at radius 3 is 0.755 bits per heavy atom. The van der Waals surface area contributed by atoms with Gasteiger partial charge in [-0.2, -0.15) is 0 Å². The second-order valence-corrected chi connectivity index (χ2v) is 30.0. The van der Waals surface area contributed by atoms with E-state index in [1.807, 2.05) is 0 Å². The molecule has 2 aliphatic carbocycles. The van der Waals surface area contributed by atoms with Crippen LogP contribution in [0.2, 0.25) is 0 Å². The van der Waals surface area contributed by atoms with Crippen molar-refractivity contribution in [2.75, 3.05) is 0 Å². The highest BCUT2D eigenvalue weighted by atomic mass is 15.0. The zero-order chi connectivity index (χ0) is 70.5. The molecule has 4 heteroatoms. The van der Waals surface area contributed by atoms with Gasteiger partial charge >= 0.3 is 0 Å². The summed E-state index contributed by atoms with van der Waals surface area (Å²) >= 11 is 0. The molecule has 22 rings (SSSR count). The third kappa shape index (κ3) is 9.40. The van der Waals surface area contributed by atoms with E-state index in [1.54, 1.807) is 0 Å². The first kappa shape index (κ1) is 61.4. The molecule has 16 aromatic carbocycles. The number of benzene rings is 16. The van der Waals surface area contributed by atoms with Crippen LogP contribution in [0.5, 0.6) is 0 Å². The lowest BCUT2D eigenvalue weighted by atomic mass is 9.82. The monoisotopic (exact) mass is 1350 g/mol. The largest absolute Gasteiger partial charge is 0.309 e. The standard InChI is InChI=1S/C54H40N2.C48H32N2/c1-53(2)45-17-9-5-13-37(45)39-25-23-35(31-47(39)53)55-49-19-11-7-15-41(49)43-29-33(21-27-51(43)55)34-22-28-52-44(30-34)42-16-8-12-20-50(42)56(52)36-24-26-40-38-14-6-10-18-46(38)54(3,4)48(40)32-36;1-3-13-33(14-4-1)35-17-11-19-39(29-35)49-45-23-9-7-21-41(45)43-31-37(25-27-47(43)49)38-26-28-48-44(32-38)42-22-8-10-24-46(42)50(48)40-20-12-18-36(30-40)34-15-5-2-6-16-34/h5-32H,1-4H3;1-32H. The van der Waals surface area contributed by atoms with E-state index in [4.69, 9.17) is 0 Å². The second-order valence-electron chi connectivity index (χ2n) is 30.0. The molecule has 4 nitrogen and oxygen atoms in total. The number of hydrogen-bond acceptors (Lipinski definition) is 0. The maximum atomic E-state index is 2.46. The maximum Gasteiger partial charge on any atom is 0.0541 e. The van der Waals surface area contributed by atoms with Crippen LogP contribution in [0.4, 0.5) is 0 Å². The highest BCUT2D eigenvalue weighted by molar-refractivity contribution is 6.15. The average molecular weight is 1350 g/mol. The van der Waals surface area contributed by atoms with Gasteiger partial charge in [0.25, 0.3) is 0 Å². The number of nitrogens with zero attached hydrogens (tertiary/aromatic N) is 4. The number of hydrogen-bond donors (Lipinski definition) is 0. The summed E-state index contributed by atoms with van der Waals surface area (Å²) in [5.41, 5.74) is 35.1. The zero-order valence-corrected chi connectivity index (χ0v) is 59.4. The summed E-state index contributed by atoms with van der Waals surface area (Å²) in [6, 6.07) is 134. The van der Waals surface area contributed by atoms with Gasteiger partial charge in [-0.15, -0.1) is 0 Å². The maximum absolute atomic E-state index is 2.46. The molecule has 0 amide bonds. The number of rotatable bonds is 8. The summed E-state index contributed by atoms with van der Waals surface area (Å²) in [5, 5.41) is 10.1. The molecule has 0 saturated heterocycles. The van der Waals surface area contributed by atoms with Gasteiger partial charge in [0, 0.05) is 76.7 Å². The van der Waals surface area contributed by atoms with Gasteiger partial charge in [0.05, 0.1) is 44.1 Å². The Morgan fingerprint density at radius 2 is 0.415 bits per heavy atom. The van der Waals surface area contributed by atoms with E-state index in [9.17, 15) is 0 Å². The molecule has 0 radical (unpaired) electrons. The number of fused-ring (bicyclic) bond motifs is 18. The molecule has 2 aliphatic rings. The molecular formula is C102H72N4. The summed E-state index contributed by atoms with van der Waals surface area (Å²) in [7, 11) is 0. The van der Waals surface area contributed by atoms with Crippen LogP contribution in [-0.2, 0) is 10.8 Å². The van der Waals surface area contributed by atoms with Crippen molar-refractivity contribution >= 4 is 87.2 Å². The first-order chi connectivity index (χ1) is 52.1. The summed E-state index contributed by atoms with van der Waals surface area (Å²) in [4.78, 5) is 0. The third-order valence-electron chi connectivity index (χ3n) is 23.4. The van der Waals surface area contributed by atoms with Gasteiger partial charge in [0.1, 0.15) is 0 Å². The number of para-hydroxylation sites is 4. The van der Waals surface area contributed by atoms with E-state index < -0.39 is 0 Å². The van der Waals surface area contributed by atoms with Crippen LogP contribution in [0.3, 0.4) is 0 Å². The molecule has 0 unspecified atom stereocenters. The Labute approximate surface area is 615 Å². The summed E-state index contributed by atoms with van der Waals surface area (Å²) in [6.07, 6.45) is 0. The van der Waals surface area contributed by atoms with Gasteiger partial charge in [-0.25, -0.2) is 0 Å². The Morgan fingerprint density at radius 1 is 0.160 bits per heavy atom. The third-order valence-corrected chi connectivity index (χ3v) is 23.4. The molecule has 500 valence electrons. The summed E-state index contributed by atoms with van der Waals surface area (Å²) in [6.45, 7) is 9.44. The number of aromatic nitrogens is 4. The molecule has 0 saturated carbocycles. The summed E-state index contributed by atoms with van der Waals surface area (Å²) in [5.74, 6) is 0. The van der Waals surface area contributed by atoms with E-state index in [-0.39, 0.29) is 10.8 Å². The molecule has 0 bridgehead atoms. The van der Waals surface area contributed by atoms with Crippen molar-refractivity contribution in [3.8, 4) is 89.5 Å². The minimum atomic E-state index is -0.0569. The van der Waals surface area contributed by atoms with E-state index >= 15 is 0 Å². The smallest absolute Gasteiger partial charge is 0.0541 e. The predicted molar refractivity (Wildman–Crippen MR) is 447 cm³/mol. The van der Waals surface area contributed by atoms with E-state index in [1.165, 1.54) is 188 Å². The van der Waals surface area contributed by atoms with Crippen LogP contribution < -0.4 is 0 Å². The van der Waals surface area contributed by atoms with Crippen molar-refractivity contribution in [1.82, 2.24) is 18.3 Å². The summed E-state index contributed by atoms with van der Waals surface area (Å²) < 4.78 is 9.73. The van der Waals surface area contributed by atoms with Gasteiger partial charge in [0.15, 0.2) is 0 Å². The van der Waals surface area contributed by atoms with Crippen molar-refractivity contribution in [3.05, 3.63) is 386 Å². The molecule has 0 atom stereocenters. The minimum Gasteiger partial charge on any atom is -0.309 e. The van der Waals surface area contributed by atoms with Crippen LogP contribution in [0, 0.1) is 0 Å². The van der Waals surface area contributed by atoms with Crippen LogP contribution in [0.15, 0.2) is 364 Å². The van der Waals surface area contributed by atoms with Crippen LogP contribution in [-0.4, -0.2) is 18.3 Å². The lowest BCUT2D eigenvalue weighted by Crippen LogP contribution is -2.15. The van der Waals surface area contributed by atoms with Gasteiger partial charge in [-0.1, -0.05) is 270 Å². The lowest BCUT2D eigenvalue weighted by Gasteiger charge is -2.22. The van der Waals surface area contributed by atoms with Crippen LogP contribution in [0.25, 0.3) is 177 Å². The fourth-order valence-corrected chi connectivity index (χ4v) is 18.3. The highest BCUT2D eigenvalue weighted by Crippen LogP contribution is 2.52. The van der Waals surface area contributed by atoms with Crippen molar-refractivity contribution in [2.45, 2.75) is 38.5 Å². The van der Waals surface area contributed by atoms with Crippen LogP contribution in [0.1, 0.15) is 49.9 Å². The fourth-order valence-electron chi connectivity index (χ4n) is 18.3. The van der Waals surface area contributed by atoms with Crippen molar-refractivity contribution in [3.63, 3.8) is 0 Å². The molecule has 0 fully saturated rings. The molecule has 20 aromatic rings. The first-order valence-electron chi connectivity index (χ1n) is 37.0. The lowest BCUT2D eigenvalue weighted by molar-refractivity contribution is 0.660. The molecule has 4 heterocycles. The Hall–Kier alpha value is -13.3. The second kappa shape index (κ2) is 23.6. The van der Waals surface area contributed by atoms with E-state index in [2.05, 4.69) is 410 Å². The van der Waals surface area contributed by atoms with Crippen molar-refractivity contribution < 1.29 is 0 Å². The molecule has 106 heavy (non-hydrogen) atoms. The average Bonchev–Trinajstić information content (AvgIpc) is 1.59. The Bertz CT molecular complexity index is 6580. The molecule has 4 aromatic heterocycles. The zero-order valence-electron chi connectivity index (χ0n) is 59.4. The van der Waals surface area contributed by atoms with Crippen molar-refractivity contribution in [2.24, 2.45) is 0 Å². The van der Waals surface area contributed by atoms with Gasteiger partial charge in [-0.3, -0.25) is 0 Å². The Balaban J connectivity index is 0.000000137. The molecule has 0 aliphatic heterocycles. The first-order valence-corrected chi connectivity index (χ1v) is 37.0. The quantitative estimate of drug-likeness (QED) is 0.144. The SMILES string of the molecule is CC1(C)c2ccccc2-c2ccc(-n3c4ccccc4c4cc(-c5ccc6c(c5)c5ccccc5n6-c5ccc6c(c5)C(C)(C)c5ccccc5-6)ccc43)cc21.c1ccc(-c2cccc(-n3c4ccccc4c4cc(-c5ccc6c(c5)c5ccccc5n6-c5cccc(-c6ccccc6)c5)ccc43)c2)cc1. The molecular weight excluding hydrogens is 1280 g/mol. The molecule has 0 spiro atoms. The van der Waals surface area contributed by atoms with Crippen molar-refractivity contribution in [1.29, 1.82) is 0 Å². The normalized spacial score (nSPS) is 13.2. The minimum absolute atomic E-state index is 0.0569. The van der Waals surface area contributed by atoms with E-state index in [0.29, 0.717) is 0 Å². The highest BCUT2D eigenvalue weighted by Gasteiger charge is 2.37. The Kier molecular flexibility index (Phi) is 13.7.